The fourth-order valence-corrected chi connectivity index (χ4v) is 2.13. The second-order valence-electron chi connectivity index (χ2n) is 4.90. The zero-order valence-corrected chi connectivity index (χ0v) is 12.5. The van der Waals surface area contributed by atoms with E-state index in [-0.39, 0.29) is 12.4 Å². The van der Waals surface area contributed by atoms with Crippen LogP contribution in [0.25, 0.3) is 0 Å². The molecule has 3 N–H and O–H groups in total. The van der Waals surface area contributed by atoms with Gasteiger partial charge in [0.2, 0.25) is 0 Å². The minimum atomic E-state index is -0.815. The molecule has 1 aromatic rings. The van der Waals surface area contributed by atoms with Crippen molar-refractivity contribution >= 4 is 5.97 Å². The Morgan fingerprint density at radius 2 is 1.95 bits per heavy atom. The van der Waals surface area contributed by atoms with Crippen LogP contribution in [-0.4, -0.2) is 31.3 Å². The Bertz CT molecular complexity index is 473. The Hall–Kier alpha value is -1.59. The summed E-state index contributed by atoms with van der Waals surface area (Å²) in [4.78, 5) is 11.1. The number of aliphatic hydroxyl groups is 1. The average molecular weight is 281 g/mol. The van der Waals surface area contributed by atoms with Crippen LogP contribution in [0.2, 0.25) is 0 Å². The van der Waals surface area contributed by atoms with E-state index in [1.54, 1.807) is 7.11 Å². The first kappa shape index (κ1) is 16.5. The van der Waals surface area contributed by atoms with Crippen molar-refractivity contribution in [2.75, 3.05) is 14.2 Å². The largest absolute Gasteiger partial charge is 0.496 e. The predicted octanol–water partition coefficient (Wildman–Crippen LogP) is 1.63. The Morgan fingerprint density at radius 1 is 1.30 bits per heavy atom. The van der Waals surface area contributed by atoms with Crippen molar-refractivity contribution in [3.63, 3.8) is 0 Å². The van der Waals surface area contributed by atoms with E-state index in [4.69, 9.17) is 10.5 Å². The van der Waals surface area contributed by atoms with Gasteiger partial charge in [0.1, 0.15) is 5.75 Å². The van der Waals surface area contributed by atoms with Crippen LogP contribution in [0.3, 0.4) is 0 Å². The van der Waals surface area contributed by atoms with Gasteiger partial charge < -0.3 is 20.3 Å². The lowest BCUT2D eigenvalue weighted by atomic mass is 9.94. The molecule has 20 heavy (non-hydrogen) atoms. The van der Waals surface area contributed by atoms with Crippen LogP contribution < -0.4 is 10.5 Å². The van der Waals surface area contributed by atoms with Gasteiger partial charge in [0, 0.05) is 12.5 Å². The number of aryl methyl sites for hydroxylation is 2. The molecule has 0 radical (unpaired) electrons. The summed E-state index contributed by atoms with van der Waals surface area (Å²) in [6.45, 7) is 3.81. The number of hydrogen-bond donors (Lipinski definition) is 2. The number of methoxy groups -OCH3 is 2. The Balaban J connectivity index is 2.83. The van der Waals surface area contributed by atoms with Gasteiger partial charge in [0.25, 0.3) is 0 Å². The molecule has 0 bridgehead atoms. The second kappa shape index (κ2) is 7.26. The summed E-state index contributed by atoms with van der Waals surface area (Å²) in [7, 11) is 2.95. The van der Waals surface area contributed by atoms with Crippen molar-refractivity contribution in [1.82, 2.24) is 0 Å². The van der Waals surface area contributed by atoms with Crippen LogP contribution in [0.5, 0.6) is 5.75 Å². The van der Waals surface area contributed by atoms with Crippen molar-refractivity contribution in [3.8, 4) is 5.75 Å². The normalized spacial score (nSPS) is 13.7. The molecule has 1 rings (SSSR count). The van der Waals surface area contributed by atoms with Gasteiger partial charge in [-0.05, 0) is 49.1 Å². The van der Waals surface area contributed by atoms with Crippen molar-refractivity contribution < 1.29 is 19.4 Å². The van der Waals surface area contributed by atoms with Crippen LogP contribution in [0.4, 0.5) is 0 Å². The van der Waals surface area contributed by atoms with E-state index < -0.39 is 12.1 Å². The summed E-state index contributed by atoms with van der Waals surface area (Å²) in [5.41, 5.74) is 8.57. The van der Waals surface area contributed by atoms with Gasteiger partial charge in [-0.25, -0.2) is 0 Å². The summed E-state index contributed by atoms with van der Waals surface area (Å²) in [6.07, 6.45) is -0.245. The van der Waals surface area contributed by atoms with Crippen molar-refractivity contribution in [3.05, 3.63) is 28.8 Å². The molecule has 5 heteroatoms. The number of ether oxygens (including phenoxy) is 2. The SMILES string of the molecule is COC(=O)CCC(N)C(O)c1cc(C)c(OC)cc1C. The van der Waals surface area contributed by atoms with E-state index in [2.05, 4.69) is 4.74 Å². The summed E-state index contributed by atoms with van der Waals surface area (Å²) >= 11 is 0. The molecule has 0 heterocycles. The molecule has 5 nitrogen and oxygen atoms in total. The van der Waals surface area contributed by atoms with Crippen molar-refractivity contribution in [2.24, 2.45) is 5.73 Å². The molecule has 0 amide bonds. The fraction of sp³-hybridized carbons (Fsp3) is 0.533. The first-order valence-corrected chi connectivity index (χ1v) is 6.56. The molecular formula is C15H23NO4. The van der Waals surface area contributed by atoms with E-state index in [0.29, 0.717) is 6.42 Å². The maximum atomic E-state index is 11.1. The van der Waals surface area contributed by atoms with Crippen molar-refractivity contribution in [2.45, 2.75) is 38.8 Å². The number of aliphatic hydroxyl groups excluding tert-OH is 1. The topological polar surface area (TPSA) is 81.8 Å². The molecule has 0 fully saturated rings. The third-order valence-corrected chi connectivity index (χ3v) is 3.42. The van der Waals surface area contributed by atoms with Gasteiger partial charge in [0.05, 0.1) is 20.3 Å². The van der Waals surface area contributed by atoms with Gasteiger partial charge in [-0.2, -0.15) is 0 Å². The lowest BCUT2D eigenvalue weighted by Crippen LogP contribution is -2.29. The number of benzene rings is 1. The highest BCUT2D eigenvalue weighted by atomic mass is 16.5. The first-order chi connectivity index (χ1) is 9.40. The number of esters is 1. The van der Waals surface area contributed by atoms with E-state index >= 15 is 0 Å². The van der Waals surface area contributed by atoms with Crippen LogP contribution in [0.15, 0.2) is 12.1 Å². The van der Waals surface area contributed by atoms with Crippen LogP contribution in [0, 0.1) is 13.8 Å². The molecule has 0 saturated carbocycles. The summed E-state index contributed by atoms with van der Waals surface area (Å²) in [5.74, 6) is 0.455. The maximum absolute atomic E-state index is 11.1. The first-order valence-electron chi connectivity index (χ1n) is 6.56. The summed E-state index contributed by atoms with van der Waals surface area (Å²) < 4.78 is 9.81. The van der Waals surface area contributed by atoms with E-state index in [0.717, 1.165) is 22.4 Å². The van der Waals surface area contributed by atoms with Gasteiger partial charge in [-0.3, -0.25) is 4.79 Å². The lowest BCUT2D eigenvalue weighted by Gasteiger charge is -2.21. The van der Waals surface area contributed by atoms with Gasteiger partial charge in [-0.15, -0.1) is 0 Å². The molecule has 0 aromatic heterocycles. The molecular weight excluding hydrogens is 258 g/mol. The standard InChI is InChI=1S/C15H23NO4/c1-9-8-13(19-3)10(2)7-11(9)15(18)12(16)5-6-14(17)20-4/h7-8,12,15,18H,5-6,16H2,1-4H3. The molecule has 0 aliphatic carbocycles. The number of carbonyl (C=O) groups is 1. The van der Waals surface area contributed by atoms with Gasteiger partial charge in [-0.1, -0.05) is 0 Å². The third-order valence-electron chi connectivity index (χ3n) is 3.42. The minimum absolute atomic E-state index is 0.197. The molecule has 0 aliphatic heterocycles. The minimum Gasteiger partial charge on any atom is -0.496 e. The molecule has 112 valence electrons. The smallest absolute Gasteiger partial charge is 0.305 e. The lowest BCUT2D eigenvalue weighted by molar-refractivity contribution is -0.140. The highest BCUT2D eigenvalue weighted by Crippen LogP contribution is 2.28. The Kier molecular flexibility index (Phi) is 5.98. The number of carbonyl (C=O) groups excluding carboxylic acids is 1. The summed E-state index contributed by atoms with van der Waals surface area (Å²) in [5, 5.41) is 10.3. The Morgan fingerprint density at radius 3 is 2.50 bits per heavy atom. The second-order valence-corrected chi connectivity index (χ2v) is 4.90. The van der Waals surface area contributed by atoms with Crippen LogP contribution in [-0.2, 0) is 9.53 Å². The summed E-state index contributed by atoms with van der Waals surface area (Å²) in [6, 6.07) is 3.23. The molecule has 2 atom stereocenters. The monoisotopic (exact) mass is 281 g/mol. The third kappa shape index (κ3) is 3.95. The molecule has 2 unspecified atom stereocenters. The van der Waals surface area contributed by atoms with E-state index in [9.17, 15) is 9.90 Å². The zero-order chi connectivity index (χ0) is 15.3. The fourth-order valence-electron chi connectivity index (χ4n) is 2.13. The van der Waals surface area contributed by atoms with E-state index in [1.165, 1.54) is 7.11 Å². The molecule has 0 saturated heterocycles. The quantitative estimate of drug-likeness (QED) is 0.774. The van der Waals surface area contributed by atoms with E-state index in [1.807, 2.05) is 26.0 Å². The molecule has 1 aromatic carbocycles. The van der Waals surface area contributed by atoms with Crippen LogP contribution >= 0.6 is 0 Å². The van der Waals surface area contributed by atoms with Crippen LogP contribution in [0.1, 0.15) is 35.6 Å². The molecule has 0 spiro atoms. The average Bonchev–Trinajstić information content (AvgIpc) is 2.45. The van der Waals surface area contributed by atoms with Gasteiger partial charge in [0.15, 0.2) is 0 Å². The predicted molar refractivity (Wildman–Crippen MR) is 76.7 cm³/mol. The highest BCUT2D eigenvalue weighted by Gasteiger charge is 2.21. The number of rotatable bonds is 6. The van der Waals surface area contributed by atoms with Gasteiger partial charge >= 0.3 is 5.97 Å². The maximum Gasteiger partial charge on any atom is 0.305 e. The zero-order valence-electron chi connectivity index (χ0n) is 12.5. The molecule has 0 aliphatic rings. The van der Waals surface area contributed by atoms with Crippen molar-refractivity contribution in [1.29, 1.82) is 0 Å². The highest BCUT2D eigenvalue weighted by molar-refractivity contribution is 5.69. The number of hydrogen-bond acceptors (Lipinski definition) is 5. The Labute approximate surface area is 119 Å². The number of nitrogens with two attached hydrogens (primary N) is 1.